The number of aliphatic hydroxyl groups is 1. The number of β-amino-alcohol motifs (C(OH)–C–C–N with tert-alkyl or cyclic N) is 1. The molecule has 4 heteroatoms. The average molecular weight is 288 g/mol. The predicted molar refractivity (Wildman–Crippen MR) is 83.3 cm³/mol. The third-order valence-corrected chi connectivity index (χ3v) is 4.84. The number of anilines is 1. The molecule has 1 amide bonds. The lowest BCUT2D eigenvalue weighted by molar-refractivity contribution is -0.140. The van der Waals surface area contributed by atoms with E-state index in [4.69, 9.17) is 0 Å². The first-order valence-electron chi connectivity index (χ1n) is 7.82. The van der Waals surface area contributed by atoms with Crippen molar-refractivity contribution in [3.63, 3.8) is 0 Å². The third-order valence-electron chi connectivity index (χ3n) is 4.84. The van der Waals surface area contributed by atoms with Gasteiger partial charge in [0.05, 0.1) is 12.1 Å². The Bertz CT molecular complexity index is 535. The number of fused-ring (bicyclic) bond motifs is 1. The van der Waals surface area contributed by atoms with Crippen LogP contribution in [0.15, 0.2) is 24.3 Å². The van der Waals surface area contributed by atoms with Crippen molar-refractivity contribution in [2.24, 2.45) is 5.92 Å². The number of aryl methyl sites for hydroxylation is 1. The van der Waals surface area contributed by atoms with E-state index in [0.717, 1.165) is 25.1 Å². The molecule has 21 heavy (non-hydrogen) atoms. The summed E-state index contributed by atoms with van der Waals surface area (Å²) in [6.45, 7) is 6.47. The van der Waals surface area contributed by atoms with Gasteiger partial charge in [-0.05, 0) is 30.4 Å². The Labute approximate surface area is 126 Å². The van der Waals surface area contributed by atoms with Crippen LogP contribution in [0.3, 0.4) is 0 Å². The molecule has 0 atom stereocenters. The standard InChI is InChI=1S/C17H24N2O2/c1-13(2)17(21)11-18(12-17)10-16(20)19-9-5-7-14-6-3-4-8-15(14)19/h3-4,6,8,13,21H,5,7,9-12H2,1-2H3. The van der Waals surface area contributed by atoms with E-state index in [9.17, 15) is 9.90 Å². The van der Waals surface area contributed by atoms with Crippen LogP contribution in [-0.2, 0) is 11.2 Å². The van der Waals surface area contributed by atoms with E-state index < -0.39 is 5.60 Å². The molecule has 2 heterocycles. The van der Waals surface area contributed by atoms with Gasteiger partial charge in [-0.1, -0.05) is 32.0 Å². The molecule has 1 aromatic rings. The molecule has 1 N–H and O–H groups in total. The second kappa shape index (κ2) is 5.43. The number of hydrogen-bond donors (Lipinski definition) is 1. The first-order chi connectivity index (χ1) is 9.99. The SMILES string of the molecule is CC(C)C1(O)CN(CC(=O)N2CCCc3ccccc32)C1. The quantitative estimate of drug-likeness (QED) is 0.920. The lowest BCUT2D eigenvalue weighted by Crippen LogP contribution is -2.66. The Hall–Kier alpha value is -1.39. The van der Waals surface area contributed by atoms with E-state index >= 15 is 0 Å². The van der Waals surface area contributed by atoms with Crippen LogP contribution in [0.5, 0.6) is 0 Å². The second-order valence-corrected chi connectivity index (χ2v) is 6.68. The van der Waals surface area contributed by atoms with Crippen molar-refractivity contribution in [1.82, 2.24) is 4.90 Å². The molecule has 0 saturated carbocycles. The fourth-order valence-electron chi connectivity index (χ4n) is 3.27. The van der Waals surface area contributed by atoms with Crippen molar-refractivity contribution in [2.45, 2.75) is 32.3 Å². The van der Waals surface area contributed by atoms with Crippen molar-refractivity contribution in [2.75, 3.05) is 31.1 Å². The molecule has 1 saturated heterocycles. The van der Waals surface area contributed by atoms with Crippen LogP contribution in [0.2, 0.25) is 0 Å². The van der Waals surface area contributed by atoms with E-state index in [1.807, 2.05) is 41.8 Å². The van der Waals surface area contributed by atoms with Gasteiger partial charge in [0.2, 0.25) is 5.91 Å². The summed E-state index contributed by atoms with van der Waals surface area (Å²) in [6, 6.07) is 8.17. The maximum atomic E-state index is 12.5. The van der Waals surface area contributed by atoms with Gasteiger partial charge in [0.1, 0.15) is 0 Å². The van der Waals surface area contributed by atoms with Gasteiger partial charge in [0, 0.05) is 25.3 Å². The highest BCUT2D eigenvalue weighted by Gasteiger charge is 2.44. The van der Waals surface area contributed by atoms with Crippen molar-refractivity contribution in [3.8, 4) is 0 Å². The zero-order valence-electron chi connectivity index (χ0n) is 12.9. The Morgan fingerprint density at radius 3 is 2.76 bits per heavy atom. The molecule has 0 aliphatic carbocycles. The van der Waals surface area contributed by atoms with E-state index in [0.29, 0.717) is 19.6 Å². The Morgan fingerprint density at radius 2 is 2.05 bits per heavy atom. The van der Waals surface area contributed by atoms with Gasteiger partial charge in [-0.15, -0.1) is 0 Å². The summed E-state index contributed by atoms with van der Waals surface area (Å²) in [5.41, 5.74) is 1.72. The molecule has 1 aromatic carbocycles. The summed E-state index contributed by atoms with van der Waals surface area (Å²) in [5, 5.41) is 10.3. The van der Waals surface area contributed by atoms with E-state index in [1.54, 1.807) is 0 Å². The molecule has 1 fully saturated rings. The maximum Gasteiger partial charge on any atom is 0.241 e. The van der Waals surface area contributed by atoms with Gasteiger partial charge in [0.15, 0.2) is 0 Å². The molecule has 0 bridgehead atoms. The Kier molecular flexibility index (Phi) is 3.76. The minimum Gasteiger partial charge on any atom is -0.387 e. The zero-order chi connectivity index (χ0) is 15.0. The summed E-state index contributed by atoms with van der Waals surface area (Å²) < 4.78 is 0. The largest absolute Gasteiger partial charge is 0.387 e. The summed E-state index contributed by atoms with van der Waals surface area (Å²) in [7, 11) is 0. The van der Waals surface area contributed by atoms with Gasteiger partial charge < -0.3 is 10.0 Å². The molecule has 4 nitrogen and oxygen atoms in total. The molecule has 0 aromatic heterocycles. The van der Waals surface area contributed by atoms with Gasteiger partial charge in [-0.25, -0.2) is 0 Å². The van der Waals surface area contributed by atoms with Gasteiger partial charge in [0.25, 0.3) is 0 Å². The van der Waals surface area contributed by atoms with Crippen LogP contribution in [-0.4, -0.2) is 47.7 Å². The van der Waals surface area contributed by atoms with Gasteiger partial charge in [-0.2, -0.15) is 0 Å². The summed E-state index contributed by atoms with van der Waals surface area (Å²) in [6.07, 6.45) is 2.08. The third kappa shape index (κ3) is 2.70. The molecule has 3 rings (SSSR count). The average Bonchev–Trinajstić information content (AvgIpc) is 2.44. The summed E-state index contributed by atoms with van der Waals surface area (Å²) in [5.74, 6) is 0.382. The van der Waals surface area contributed by atoms with Crippen molar-refractivity contribution >= 4 is 11.6 Å². The highest BCUT2D eigenvalue weighted by atomic mass is 16.3. The number of hydrogen-bond acceptors (Lipinski definition) is 3. The van der Waals surface area contributed by atoms with Crippen LogP contribution in [0.1, 0.15) is 25.8 Å². The molecular formula is C17H24N2O2. The van der Waals surface area contributed by atoms with E-state index in [2.05, 4.69) is 6.07 Å². The highest BCUT2D eigenvalue weighted by molar-refractivity contribution is 5.96. The zero-order valence-corrected chi connectivity index (χ0v) is 12.9. The van der Waals surface area contributed by atoms with Gasteiger partial charge >= 0.3 is 0 Å². The minimum atomic E-state index is -0.611. The van der Waals surface area contributed by atoms with Crippen LogP contribution in [0.4, 0.5) is 5.69 Å². The number of nitrogens with zero attached hydrogens (tertiary/aromatic N) is 2. The molecule has 114 valence electrons. The number of benzene rings is 1. The predicted octanol–water partition coefficient (Wildman–Crippen LogP) is 1.67. The van der Waals surface area contributed by atoms with Crippen molar-refractivity contribution in [1.29, 1.82) is 0 Å². The van der Waals surface area contributed by atoms with Crippen LogP contribution >= 0.6 is 0 Å². The summed E-state index contributed by atoms with van der Waals surface area (Å²) >= 11 is 0. The maximum absolute atomic E-state index is 12.5. The van der Waals surface area contributed by atoms with E-state index in [-0.39, 0.29) is 11.8 Å². The number of carbonyl (C=O) groups is 1. The van der Waals surface area contributed by atoms with Gasteiger partial charge in [-0.3, -0.25) is 9.69 Å². The topological polar surface area (TPSA) is 43.8 Å². The number of amides is 1. The number of carbonyl (C=O) groups excluding carboxylic acids is 1. The lowest BCUT2D eigenvalue weighted by Gasteiger charge is -2.49. The van der Waals surface area contributed by atoms with Crippen LogP contribution in [0.25, 0.3) is 0 Å². The number of likely N-dealkylation sites (tertiary alicyclic amines) is 1. The number of rotatable bonds is 3. The molecule has 2 aliphatic rings. The molecular weight excluding hydrogens is 264 g/mol. The molecule has 2 aliphatic heterocycles. The monoisotopic (exact) mass is 288 g/mol. The number of para-hydroxylation sites is 1. The molecule has 0 radical (unpaired) electrons. The van der Waals surface area contributed by atoms with Crippen LogP contribution in [0, 0.1) is 5.92 Å². The van der Waals surface area contributed by atoms with Crippen molar-refractivity contribution < 1.29 is 9.90 Å². The lowest BCUT2D eigenvalue weighted by atomic mass is 9.83. The van der Waals surface area contributed by atoms with Crippen molar-refractivity contribution in [3.05, 3.63) is 29.8 Å². The normalized spacial score (nSPS) is 21.0. The smallest absolute Gasteiger partial charge is 0.241 e. The fraction of sp³-hybridized carbons (Fsp3) is 0.588. The highest BCUT2D eigenvalue weighted by Crippen LogP contribution is 2.30. The minimum absolute atomic E-state index is 0.146. The van der Waals surface area contributed by atoms with E-state index in [1.165, 1.54) is 5.56 Å². The Balaban J connectivity index is 1.63. The fourth-order valence-corrected chi connectivity index (χ4v) is 3.27. The first kappa shape index (κ1) is 14.5. The summed E-state index contributed by atoms with van der Waals surface area (Å²) in [4.78, 5) is 16.5. The first-order valence-corrected chi connectivity index (χ1v) is 7.82. The molecule has 0 unspecified atom stereocenters. The Morgan fingerprint density at radius 1 is 1.33 bits per heavy atom. The second-order valence-electron chi connectivity index (χ2n) is 6.68. The molecule has 0 spiro atoms. The van der Waals surface area contributed by atoms with Crippen LogP contribution < -0.4 is 4.90 Å².